The Balaban J connectivity index is 1.64. The van der Waals surface area contributed by atoms with Gasteiger partial charge in [-0.2, -0.15) is 5.10 Å². The summed E-state index contributed by atoms with van der Waals surface area (Å²) in [4.78, 5) is 16.2. The number of alkyl halides is 1. The Hall–Kier alpha value is -1.62. The molecule has 1 saturated carbocycles. The molecule has 0 saturated heterocycles. The zero-order chi connectivity index (χ0) is 13.9. The normalized spacial score (nSPS) is 22.9. The Labute approximate surface area is 122 Å². The predicted octanol–water partition coefficient (Wildman–Crippen LogP) is 2.26. The van der Waals surface area contributed by atoms with Crippen LogP contribution in [0.1, 0.15) is 36.0 Å². The van der Waals surface area contributed by atoms with Gasteiger partial charge in [-0.3, -0.25) is 9.78 Å². The highest BCUT2D eigenvalue weighted by Gasteiger charge is 2.21. The Bertz CT molecular complexity index is 612. The van der Waals surface area contributed by atoms with Gasteiger partial charge in [-0.05, 0) is 25.2 Å². The highest BCUT2D eigenvalue weighted by atomic mass is 35.5. The summed E-state index contributed by atoms with van der Waals surface area (Å²) in [5, 5.41) is 7.39. The molecule has 0 bridgehead atoms. The van der Waals surface area contributed by atoms with Crippen LogP contribution in [-0.4, -0.2) is 32.4 Å². The van der Waals surface area contributed by atoms with Gasteiger partial charge in [-0.25, -0.2) is 4.52 Å². The molecule has 6 heteroatoms. The molecule has 106 valence electrons. The van der Waals surface area contributed by atoms with E-state index in [1.165, 1.54) is 0 Å². The number of amides is 1. The van der Waals surface area contributed by atoms with Crippen LogP contribution in [-0.2, 0) is 0 Å². The van der Waals surface area contributed by atoms with Gasteiger partial charge in [0.15, 0.2) is 0 Å². The topological polar surface area (TPSA) is 59.3 Å². The van der Waals surface area contributed by atoms with Crippen LogP contribution < -0.4 is 5.32 Å². The number of carbonyl (C=O) groups excluding carboxylic acids is 1. The number of carbonyl (C=O) groups is 1. The smallest absolute Gasteiger partial charge is 0.255 e. The molecule has 0 spiro atoms. The summed E-state index contributed by atoms with van der Waals surface area (Å²) in [5.41, 5.74) is 1.29. The second kappa shape index (κ2) is 5.79. The van der Waals surface area contributed by atoms with Crippen LogP contribution in [0.5, 0.6) is 0 Å². The average molecular weight is 293 g/mol. The van der Waals surface area contributed by atoms with Crippen molar-refractivity contribution >= 4 is 23.0 Å². The van der Waals surface area contributed by atoms with Crippen LogP contribution in [0, 0.1) is 5.92 Å². The summed E-state index contributed by atoms with van der Waals surface area (Å²) in [6.07, 6.45) is 11.0. The number of fused-ring (bicyclic) bond motifs is 1. The fraction of sp³-hybridized carbons (Fsp3) is 0.500. The zero-order valence-corrected chi connectivity index (χ0v) is 11.9. The van der Waals surface area contributed by atoms with E-state index >= 15 is 0 Å². The summed E-state index contributed by atoms with van der Waals surface area (Å²) < 4.78 is 1.65. The second-order valence-electron chi connectivity index (χ2n) is 5.30. The van der Waals surface area contributed by atoms with Crippen molar-refractivity contribution in [3.05, 3.63) is 30.4 Å². The lowest BCUT2D eigenvalue weighted by molar-refractivity contribution is 0.0945. The van der Waals surface area contributed by atoms with E-state index in [9.17, 15) is 4.79 Å². The number of rotatable bonds is 3. The minimum Gasteiger partial charge on any atom is -0.352 e. The number of aromatic nitrogens is 3. The summed E-state index contributed by atoms with van der Waals surface area (Å²) >= 11 is 6.17. The lowest BCUT2D eigenvalue weighted by Crippen LogP contribution is -2.32. The molecular weight excluding hydrogens is 276 g/mol. The van der Waals surface area contributed by atoms with Gasteiger partial charge >= 0.3 is 0 Å². The molecule has 1 aliphatic carbocycles. The van der Waals surface area contributed by atoms with Gasteiger partial charge in [-0.1, -0.05) is 6.42 Å². The first-order valence-corrected chi connectivity index (χ1v) is 7.37. The third kappa shape index (κ3) is 2.77. The van der Waals surface area contributed by atoms with Gasteiger partial charge < -0.3 is 5.32 Å². The van der Waals surface area contributed by atoms with Crippen molar-refractivity contribution in [1.29, 1.82) is 0 Å². The number of nitrogens with one attached hydrogen (secondary N) is 1. The summed E-state index contributed by atoms with van der Waals surface area (Å²) in [6, 6.07) is 0. The van der Waals surface area contributed by atoms with Gasteiger partial charge in [0.25, 0.3) is 5.91 Å². The van der Waals surface area contributed by atoms with Gasteiger partial charge in [0.1, 0.15) is 0 Å². The van der Waals surface area contributed by atoms with E-state index in [-0.39, 0.29) is 11.3 Å². The lowest BCUT2D eigenvalue weighted by atomic mass is 9.89. The van der Waals surface area contributed by atoms with Crippen LogP contribution in [0.3, 0.4) is 0 Å². The molecule has 2 unspecified atom stereocenters. The molecule has 0 radical (unpaired) electrons. The molecular formula is C14H17ClN4O. The molecule has 2 aromatic rings. The number of hydrogen-bond donors (Lipinski definition) is 1. The summed E-state index contributed by atoms with van der Waals surface area (Å²) in [5.74, 6) is 0.389. The van der Waals surface area contributed by atoms with Gasteiger partial charge in [0, 0.05) is 24.3 Å². The quantitative estimate of drug-likeness (QED) is 0.883. The van der Waals surface area contributed by atoms with Crippen molar-refractivity contribution in [2.45, 2.75) is 31.1 Å². The Morgan fingerprint density at radius 2 is 2.35 bits per heavy atom. The second-order valence-corrected chi connectivity index (χ2v) is 5.92. The van der Waals surface area contributed by atoms with E-state index < -0.39 is 0 Å². The zero-order valence-electron chi connectivity index (χ0n) is 11.1. The first-order valence-electron chi connectivity index (χ1n) is 6.93. The molecule has 1 N–H and O–H groups in total. The largest absolute Gasteiger partial charge is 0.352 e. The molecule has 0 aromatic carbocycles. The number of nitrogens with zero attached hydrogens (tertiary/aromatic N) is 3. The lowest BCUT2D eigenvalue weighted by Gasteiger charge is -2.25. The molecule has 3 rings (SSSR count). The maximum Gasteiger partial charge on any atom is 0.255 e. The van der Waals surface area contributed by atoms with E-state index in [1.54, 1.807) is 29.3 Å². The first kappa shape index (κ1) is 13.4. The van der Waals surface area contributed by atoms with Gasteiger partial charge in [-0.15, -0.1) is 11.6 Å². The SMILES string of the molecule is O=C(NCC1CCCC(Cl)C1)c1cnn2ccncc12. The van der Waals surface area contributed by atoms with Crippen molar-refractivity contribution in [2.75, 3.05) is 6.54 Å². The first-order chi connectivity index (χ1) is 9.74. The van der Waals surface area contributed by atoms with Crippen molar-refractivity contribution < 1.29 is 4.79 Å². The van der Waals surface area contributed by atoms with Crippen LogP contribution in [0.2, 0.25) is 0 Å². The van der Waals surface area contributed by atoms with E-state index in [1.807, 2.05) is 0 Å². The van der Waals surface area contributed by atoms with Crippen molar-refractivity contribution in [3.8, 4) is 0 Å². The van der Waals surface area contributed by atoms with Crippen LogP contribution in [0.25, 0.3) is 5.52 Å². The minimum atomic E-state index is -0.0929. The van der Waals surface area contributed by atoms with Crippen molar-refractivity contribution in [1.82, 2.24) is 19.9 Å². The standard InChI is InChI=1S/C14H17ClN4O/c15-11-3-1-2-10(6-11)7-17-14(20)12-8-18-19-5-4-16-9-13(12)19/h4-5,8-11H,1-3,6-7H2,(H,17,20). The molecule has 2 heterocycles. The molecule has 5 nitrogen and oxygen atoms in total. The Morgan fingerprint density at radius 1 is 1.45 bits per heavy atom. The molecule has 1 aliphatic rings. The monoisotopic (exact) mass is 292 g/mol. The van der Waals surface area contributed by atoms with Gasteiger partial charge in [0.2, 0.25) is 0 Å². The van der Waals surface area contributed by atoms with Gasteiger partial charge in [0.05, 0.1) is 23.5 Å². The van der Waals surface area contributed by atoms with E-state index in [0.717, 1.165) is 31.2 Å². The van der Waals surface area contributed by atoms with Crippen LogP contribution >= 0.6 is 11.6 Å². The van der Waals surface area contributed by atoms with Crippen LogP contribution in [0.15, 0.2) is 24.8 Å². The van der Waals surface area contributed by atoms with E-state index in [2.05, 4.69) is 15.4 Å². The third-order valence-electron chi connectivity index (χ3n) is 3.84. The number of hydrogen-bond acceptors (Lipinski definition) is 3. The molecule has 20 heavy (non-hydrogen) atoms. The fourth-order valence-electron chi connectivity index (χ4n) is 2.75. The highest BCUT2D eigenvalue weighted by molar-refractivity contribution is 6.20. The molecule has 1 amide bonds. The Morgan fingerprint density at radius 3 is 3.20 bits per heavy atom. The van der Waals surface area contributed by atoms with Crippen LogP contribution in [0.4, 0.5) is 0 Å². The maximum absolute atomic E-state index is 12.2. The van der Waals surface area contributed by atoms with Crippen molar-refractivity contribution in [3.63, 3.8) is 0 Å². The third-order valence-corrected chi connectivity index (χ3v) is 4.24. The van der Waals surface area contributed by atoms with E-state index in [4.69, 9.17) is 11.6 Å². The van der Waals surface area contributed by atoms with E-state index in [0.29, 0.717) is 18.0 Å². The minimum absolute atomic E-state index is 0.0929. The van der Waals surface area contributed by atoms with Crippen molar-refractivity contribution in [2.24, 2.45) is 5.92 Å². The average Bonchev–Trinajstić information content (AvgIpc) is 2.89. The summed E-state index contributed by atoms with van der Waals surface area (Å²) in [6.45, 7) is 0.680. The predicted molar refractivity (Wildman–Crippen MR) is 76.9 cm³/mol. The molecule has 1 fully saturated rings. The maximum atomic E-state index is 12.2. The fourth-order valence-corrected chi connectivity index (χ4v) is 3.16. The number of halogens is 1. The highest BCUT2D eigenvalue weighted by Crippen LogP contribution is 2.27. The molecule has 2 atom stereocenters. The summed E-state index contributed by atoms with van der Waals surface area (Å²) in [7, 11) is 0. The molecule has 0 aliphatic heterocycles. The molecule has 2 aromatic heterocycles. The Kier molecular flexibility index (Phi) is 3.87.